The second kappa shape index (κ2) is 7.69. The van der Waals surface area contributed by atoms with Crippen molar-refractivity contribution in [3.05, 3.63) is 68.4 Å². The van der Waals surface area contributed by atoms with Crippen LogP contribution in [0.5, 0.6) is 11.5 Å². The number of nitro benzene ring substituents is 1. The SMILES string of the molecule is COc1ccc(/C=C2/Sc3scc(-c4ccc([N+](=O)[O-])cc4)[n+]3C2=O)cc1OC. The van der Waals surface area contributed by atoms with Crippen LogP contribution in [0, 0.1) is 10.1 Å². The first kappa shape index (κ1) is 19.2. The van der Waals surface area contributed by atoms with Crippen molar-refractivity contribution in [2.24, 2.45) is 0 Å². The number of hydrogen-bond acceptors (Lipinski definition) is 7. The first-order chi connectivity index (χ1) is 14.0. The molecule has 0 amide bonds. The Hall–Kier alpha value is -3.17. The number of carbonyl (C=O) groups excluding carboxylic acids is 1. The minimum absolute atomic E-state index is 0.0142. The van der Waals surface area contributed by atoms with E-state index in [1.807, 2.05) is 23.6 Å². The summed E-state index contributed by atoms with van der Waals surface area (Å²) in [4.78, 5) is 24.0. The Morgan fingerprint density at radius 1 is 1.07 bits per heavy atom. The van der Waals surface area contributed by atoms with E-state index in [1.54, 1.807) is 37.0 Å². The van der Waals surface area contributed by atoms with Gasteiger partial charge in [-0.25, -0.2) is 4.79 Å². The molecule has 146 valence electrons. The first-order valence-electron chi connectivity index (χ1n) is 8.46. The van der Waals surface area contributed by atoms with Gasteiger partial charge in [0.25, 0.3) is 5.69 Å². The molecule has 1 aliphatic heterocycles. The average Bonchev–Trinajstić information content (AvgIpc) is 3.28. The molecule has 0 N–H and O–H groups in total. The molecule has 1 aliphatic rings. The molecule has 0 aliphatic carbocycles. The largest absolute Gasteiger partial charge is 0.493 e. The Balaban J connectivity index is 1.66. The number of fused-ring (bicyclic) bond motifs is 1. The fourth-order valence-electron chi connectivity index (χ4n) is 2.96. The summed E-state index contributed by atoms with van der Waals surface area (Å²) in [6.07, 6.45) is 1.81. The number of non-ortho nitro benzene ring substituents is 1. The highest BCUT2D eigenvalue weighted by Crippen LogP contribution is 2.39. The van der Waals surface area contributed by atoms with Gasteiger partial charge in [0.1, 0.15) is 4.91 Å². The van der Waals surface area contributed by atoms with Crippen molar-refractivity contribution in [1.82, 2.24) is 0 Å². The second-order valence-corrected chi connectivity index (χ2v) is 8.20. The molecule has 0 atom stereocenters. The second-order valence-electron chi connectivity index (χ2n) is 6.06. The van der Waals surface area contributed by atoms with Crippen LogP contribution in [0.15, 0.2) is 57.1 Å². The van der Waals surface area contributed by atoms with E-state index < -0.39 is 4.92 Å². The summed E-state index contributed by atoms with van der Waals surface area (Å²) < 4.78 is 13.1. The highest BCUT2D eigenvalue weighted by Gasteiger charge is 2.40. The van der Waals surface area contributed by atoms with Crippen LogP contribution in [0.25, 0.3) is 17.3 Å². The first-order valence-corrected chi connectivity index (χ1v) is 10.2. The maximum Gasteiger partial charge on any atom is 0.433 e. The van der Waals surface area contributed by atoms with Gasteiger partial charge in [-0.2, -0.15) is 0 Å². The lowest BCUT2D eigenvalue weighted by Crippen LogP contribution is -2.40. The van der Waals surface area contributed by atoms with Gasteiger partial charge < -0.3 is 9.47 Å². The Morgan fingerprint density at radius 2 is 1.79 bits per heavy atom. The van der Waals surface area contributed by atoms with Crippen molar-refractivity contribution in [3.63, 3.8) is 0 Å². The van der Waals surface area contributed by atoms with Crippen molar-refractivity contribution < 1.29 is 23.8 Å². The molecule has 9 heteroatoms. The zero-order chi connectivity index (χ0) is 20.5. The Kier molecular flexibility index (Phi) is 5.08. The van der Waals surface area contributed by atoms with E-state index in [9.17, 15) is 14.9 Å². The number of allylic oxidation sites excluding steroid dienone is 1. The number of thiazole rings is 1. The van der Waals surface area contributed by atoms with Gasteiger partial charge in [0.15, 0.2) is 11.5 Å². The van der Waals surface area contributed by atoms with Crippen LogP contribution in [0.3, 0.4) is 0 Å². The van der Waals surface area contributed by atoms with Crippen molar-refractivity contribution >= 4 is 40.8 Å². The van der Waals surface area contributed by atoms with E-state index in [2.05, 4.69) is 0 Å². The number of methoxy groups -OCH3 is 2. The standard InChI is InChI=1S/C20H15N2O5S2/c1-26-16-8-3-12(9-17(16)27-2)10-18-19(23)21-15(11-28-20(21)29-18)13-4-6-14(7-5-13)22(24)25/h3-11H,1-2H3/q+1/b18-10+. The van der Waals surface area contributed by atoms with Crippen LogP contribution in [0.4, 0.5) is 5.69 Å². The van der Waals surface area contributed by atoms with Gasteiger partial charge >= 0.3 is 10.2 Å². The highest BCUT2D eigenvalue weighted by molar-refractivity contribution is 8.05. The lowest BCUT2D eigenvalue weighted by atomic mass is 10.1. The van der Waals surface area contributed by atoms with Gasteiger partial charge in [-0.05, 0) is 35.9 Å². The molecular formula is C20H15N2O5S2+. The number of ether oxygens (including phenoxy) is 2. The van der Waals surface area contributed by atoms with Gasteiger partial charge in [-0.1, -0.05) is 17.4 Å². The predicted octanol–water partition coefficient (Wildman–Crippen LogP) is 4.42. The number of thioether (sulfide) groups is 1. The Labute approximate surface area is 174 Å². The quantitative estimate of drug-likeness (QED) is 0.260. The maximum atomic E-state index is 13.0. The van der Waals surface area contributed by atoms with Crippen molar-refractivity contribution in [1.29, 1.82) is 0 Å². The maximum absolute atomic E-state index is 13.0. The summed E-state index contributed by atoms with van der Waals surface area (Å²) in [6.45, 7) is 0. The number of carbonyl (C=O) groups is 1. The Morgan fingerprint density at radius 3 is 2.45 bits per heavy atom. The van der Waals surface area contributed by atoms with Crippen molar-refractivity contribution in [2.45, 2.75) is 4.34 Å². The van der Waals surface area contributed by atoms with E-state index in [1.165, 1.54) is 35.2 Å². The van der Waals surface area contributed by atoms with Gasteiger partial charge in [-0.3, -0.25) is 10.1 Å². The molecule has 1 aromatic heterocycles. The monoisotopic (exact) mass is 427 g/mol. The third kappa shape index (κ3) is 3.50. The molecule has 0 spiro atoms. The molecule has 29 heavy (non-hydrogen) atoms. The molecule has 0 radical (unpaired) electrons. The van der Waals surface area contributed by atoms with Crippen LogP contribution in [-0.2, 0) is 0 Å². The third-order valence-corrected chi connectivity index (χ3v) is 6.52. The Bertz CT molecular complexity index is 1150. The number of nitro groups is 1. The zero-order valence-corrected chi connectivity index (χ0v) is 17.1. The molecule has 2 aromatic carbocycles. The van der Waals surface area contributed by atoms with Crippen LogP contribution in [-0.4, -0.2) is 25.1 Å². The summed E-state index contributed by atoms with van der Waals surface area (Å²) in [6, 6.07) is 11.6. The molecule has 7 nitrogen and oxygen atoms in total. The molecule has 0 unspecified atom stereocenters. The van der Waals surface area contributed by atoms with Crippen LogP contribution in [0.1, 0.15) is 10.4 Å². The lowest BCUT2D eigenvalue weighted by Gasteiger charge is -2.07. The summed E-state index contributed by atoms with van der Waals surface area (Å²) >= 11 is 2.86. The number of rotatable bonds is 5. The van der Waals surface area contributed by atoms with E-state index in [4.69, 9.17) is 9.47 Å². The van der Waals surface area contributed by atoms with Crippen molar-refractivity contribution in [3.8, 4) is 22.8 Å². The minimum atomic E-state index is -0.445. The summed E-state index contributed by atoms with van der Waals surface area (Å²) in [5, 5.41) is 12.7. The third-order valence-electron chi connectivity index (χ3n) is 4.39. The molecule has 0 saturated heterocycles. The molecule has 0 fully saturated rings. The highest BCUT2D eigenvalue weighted by atomic mass is 32.2. The van der Waals surface area contributed by atoms with E-state index in [-0.39, 0.29) is 11.6 Å². The van der Waals surface area contributed by atoms with Gasteiger partial charge in [0.2, 0.25) is 5.69 Å². The topological polar surface area (TPSA) is 82.6 Å². The molecule has 0 bridgehead atoms. The van der Waals surface area contributed by atoms with E-state index in [0.717, 1.165) is 15.5 Å². The number of nitrogens with zero attached hydrogens (tertiary/aromatic N) is 2. The van der Waals surface area contributed by atoms with Crippen LogP contribution >= 0.6 is 23.1 Å². The molecule has 4 rings (SSSR count). The number of aromatic nitrogens is 1. The van der Waals surface area contributed by atoms with Gasteiger partial charge in [-0.15, -0.1) is 4.57 Å². The normalized spacial score (nSPS) is 14.1. The number of hydrogen-bond donors (Lipinski definition) is 0. The fourth-order valence-corrected chi connectivity index (χ4v) is 5.14. The molecular weight excluding hydrogens is 412 g/mol. The number of benzene rings is 2. The smallest absolute Gasteiger partial charge is 0.433 e. The van der Waals surface area contributed by atoms with Gasteiger partial charge in [0, 0.05) is 29.5 Å². The average molecular weight is 427 g/mol. The summed E-state index contributed by atoms with van der Waals surface area (Å²) in [5.41, 5.74) is 2.30. The van der Waals surface area contributed by atoms with Crippen LogP contribution in [0.2, 0.25) is 0 Å². The van der Waals surface area contributed by atoms with E-state index in [0.29, 0.717) is 22.1 Å². The van der Waals surface area contributed by atoms with Crippen LogP contribution < -0.4 is 14.0 Å². The van der Waals surface area contributed by atoms with Gasteiger partial charge in [0.05, 0.1) is 24.5 Å². The molecule has 2 heterocycles. The van der Waals surface area contributed by atoms with E-state index >= 15 is 0 Å². The van der Waals surface area contributed by atoms with Crippen molar-refractivity contribution in [2.75, 3.05) is 14.2 Å². The molecule has 0 saturated carbocycles. The fraction of sp³-hybridized carbons (Fsp3) is 0.100. The summed E-state index contributed by atoms with van der Waals surface area (Å²) in [7, 11) is 3.13. The zero-order valence-electron chi connectivity index (χ0n) is 15.4. The predicted molar refractivity (Wildman–Crippen MR) is 111 cm³/mol. The summed E-state index contributed by atoms with van der Waals surface area (Å²) in [5.74, 6) is 1.08. The lowest BCUT2D eigenvalue weighted by molar-refractivity contribution is -0.588. The minimum Gasteiger partial charge on any atom is -0.493 e. The molecule has 3 aromatic rings.